The quantitative estimate of drug-likeness (QED) is 0.530. The van der Waals surface area contributed by atoms with Crippen LogP contribution >= 0.6 is 0 Å². The third kappa shape index (κ3) is 1.51. The van der Waals surface area contributed by atoms with E-state index in [1.54, 1.807) is 36.4 Å². The average molecular weight is 276 g/mol. The topological polar surface area (TPSA) is 79.9 Å². The van der Waals surface area contributed by atoms with E-state index in [-0.39, 0.29) is 22.7 Å². The third-order valence-electron chi connectivity index (χ3n) is 3.63. The molecule has 3 aromatic rings. The largest absolute Gasteiger partial charge is 0.319 e. The van der Waals surface area contributed by atoms with Gasteiger partial charge in [0.1, 0.15) is 0 Å². The number of nitrogens with zero attached hydrogens (tertiary/aromatic N) is 1. The third-order valence-corrected chi connectivity index (χ3v) is 3.63. The Morgan fingerprint density at radius 3 is 2.29 bits per heavy atom. The lowest BCUT2D eigenvalue weighted by Crippen LogP contribution is -2.22. The van der Waals surface area contributed by atoms with Crippen molar-refractivity contribution < 1.29 is 9.59 Å². The number of H-pyrrole nitrogens is 1. The van der Waals surface area contributed by atoms with Crippen LogP contribution in [0, 0.1) is 0 Å². The molecule has 5 heteroatoms. The maximum atomic E-state index is 12.7. The van der Waals surface area contributed by atoms with Crippen molar-refractivity contribution in [1.82, 2.24) is 9.97 Å². The highest BCUT2D eigenvalue weighted by molar-refractivity contribution is 6.31. The monoisotopic (exact) mass is 276 g/mol. The van der Waals surface area contributed by atoms with Crippen LogP contribution in [0.4, 0.5) is 0 Å². The first-order valence-corrected chi connectivity index (χ1v) is 6.37. The van der Waals surface area contributed by atoms with Crippen LogP contribution in [-0.2, 0) is 0 Å². The number of rotatable bonds is 0. The zero-order chi connectivity index (χ0) is 14.6. The summed E-state index contributed by atoms with van der Waals surface area (Å²) in [6.45, 7) is 0. The van der Waals surface area contributed by atoms with Gasteiger partial charge in [-0.15, -0.1) is 0 Å². The van der Waals surface area contributed by atoms with Crippen molar-refractivity contribution in [2.45, 2.75) is 0 Å². The summed E-state index contributed by atoms with van der Waals surface area (Å²) in [4.78, 5) is 43.2. The fraction of sp³-hybridized carbons (Fsp3) is 0. The van der Waals surface area contributed by atoms with Gasteiger partial charge in [0.25, 0.3) is 5.56 Å². The van der Waals surface area contributed by atoms with Crippen molar-refractivity contribution in [3.63, 3.8) is 0 Å². The second kappa shape index (κ2) is 3.96. The Hall–Kier alpha value is -3.08. The molecule has 0 bridgehead atoms. The Morgan fingerprint density at radius 1 is 0.810 bits per heavy atom. The number of ketones is 2. The van der Waals surface area contributed by atoms with E-state index in [1.807, 2.05) is 0 Å². The van der Waals surface area contributed by atoms with Crippen LogP contribution in [-0.4, -0.2) is 21.5 Å². The fourth-order valence-corrected chi connectivity index (χ4v) is 2.69. The van der Waals surface area contributed by atoms with Crippen LogP contribution in [0.1, 0.15) is 31.8 Å². The Kier molecular flexibility index (Phi) is 2.21. The summed E-state index contributed by atoms with van der Waals surface area (Å²) in [7, 11) is 0. The minimum absolute atomic E-state index is 0.199. The van der Waals surface area contributed by atoms with Crippen molar-refractivity contribution in [2.24, 2.45) is 0 Å². The normalized spacial score (nSPS) is 13.1. The van der Waals surface area contributed by atoms with Crippen LogP contribution in [0.5, 0.6) is 0 Å². The molecule has 1 aliphatic rings. The molecule has 5 nitrogen and oxygen atoms in total. The highest BCUT2D eigenvalue weighted by atomic mass is 16.1. The number of hydrogen-bond donors (Lipinski definition) is 1. The van der Waals surface area contributed by atoms with E-state index < -0.39 is 0 Å². The summed E-state index contributed by atoms with van der Waals surface area (Å²) in [5.41, 5.74) is 1.80. The van der Waals surface area contributed by atoms with Crippen LogP contribution < -0.4 is 5.56 Å². The van der Waals surface area contributed by atoms with E-state index in [0.29, 0.717) is 27.7 Å². The Labute approximate surface area is 118 Å². The van der Waals surface area contributed by atoms with Crippen molar-refractivity contribution in [3.05, 3.63) is 75.2 Å². The molecule has 100 valence electrons. The van der Waals surface area contributed by atoms with E-state index in [0.717, 1.165) is 6.20 Å². The summed E-state index contributed by atoms with van der Waals surface area (Å²) in [6, 6.07) is 9.88. The molecule has 1 heterocycles. The van der Waals surface area contributed by atoms with Crippen molar-refractivity contribution in [1.29, 1.82) is 0 Å². The van der Waals surface area contributed by atoms with Crippen LogP contribution in [0.25, 0.3) is 11.0 Å². The van der Waals surface area contributed by atoms with Gasteiger partial charge in [0.2, 0.25) is 0 Å². The van der Waals surface area contributed by atoms with Gasteiger partial charge >= 0.3 is 0 Å². The molecule has 0 spiro atoms. The molecule has 0 saturated carbocycles. The molecule has 0 unspecified atom stereocenters. The van der Waals surface area contributed by atoms with E-state index in [2.05, 4.69) is 9.97 Å². The van der Waals surface area contributed by atoms with E-state index >= 15 is 0 Å². The zero-order valence-electron chi connectivity index (χ0n) is 10.7. The SMILES string of the molecule is O=C1c2ccccc2C(=O)c2c1ccc1[nH]c(=O)cnc21. The van der Waals surface area contributed by atoms with Gasteiger partial charge in [-0.3, -0.25) is 14.4 Å². The van der Waals surface area contributed by atoms with Gasteiger partial charge in [-0.25, -0.2) is 4.98 Å². The van der Waals surface area contributed by atoms with Crippen molar-refractivity contribution in [3.8, 4) is 0 Å². The Bertz CT molecular complexity index is 1000. The van der Waals surface area contributed by atoms with Gasteiger partial charge in [0.15, 0.2) is 11.6 Å². The maximum Gasteiger partial charge on any atom is 0.266 e. The number of fused-ring (bicyclic) bond motifs is 4. The molecule has 21 heavy (non-hydrogen) atoms. The van der Waals surface area contributed by atoms with Crippen LogP contribution in [0.15, 0.2) is 47.4 Å². The molecule has 1 aromatic heterocycles. The number of nitrogens with one attached hydrogen (secondary N) is 1. The maximum absolute atomic E-state index is 12.7. The smallest absolute Gasteiger partial charge is 0.266 e. The fourth-order valence-electron chi connectivity index (χ4n) is 2.69. The van der Waals surface area contributed by atoms with Gasteiger partial charge in [0, 0.05) is 16.7 Å². The van der Waals surface area contributed by atoms with E-state index in [9.17, 15) is 14.4 Å². The summed E-state index contributed by atoms with van der Waals surface area (Å²) >= 11 is 0. The average Bonchev–Trinajstić information content (AvgIpc) is 2.51. The van der Waals surface area contributed by atoms with Gasteiger partial charge in [-0.1, -0.05) is 24.3 Å². The minimum atomic E-state index is -0.350. The van der Waals surface area contributed by atoms with E-state index in [1.165, 1.54) is 0 Å². The van der Waals surface area contributed by atoms with Gasteiger partial charge in [-0.05, 0) is 12.1 Å². The second-order valence-corrected chi connectivity index (χ2v) is 4.84. The molecule has 1 N–H and O–H groups in total. The predicted octanol–water partition coefficient (Wildman–Crippen LogP) is 1.70. The number of aromatic amines is 1. The highest BCUT2D eigenvalue weighted by Crippen LogP contribution is 2.30. The van der Waals surface area contributed by atoms with Crippen LogP contribution in [0.2, 0.25) is 0 Å². The standard InChI is InChI=1S/C16H8N2O3/c19-12-7-17-14-11(18-12)6-5-10-13(14)16(21)9-4-2-1-3-8(9)15(10)20/h1-7H,(H,18,19). The minimum Gasteiger partial charge on any atom is -0.319 e. The Morgan fingerprint density at radius 2 is 1.52 bits per heavy atom. The zero-order valence-corrected chi connectivity index (χ0v) is 10.7. The molecule has 2 aromatic carbocycles. The van der Waals surface area contributed by atoms with Gasteiger partial charge < -0.3 is 4.98 Å². The first-order valence-electron chi connectivity index (χ1n) is 6.37. The molecule has 1 aliphatic carbocycles. The molecule has 0 radical (unpaired) electrons. The van der Waals surface area contributed by atoms with Crippen molar-refractivity contribution >= 4 is 22.6 Å². The second-order valence-electron chi connectivity index (χ2n) is 4.84. The molecule has 4 rings (SSSR count). The number of benzene rings is 2. The molecule has 0 fully saturated rings. The number of carbonyl (C=O) groups is 2. The highest BCUT2D eigenvalue weighted by Gasteiger charge is 2.31. The summed E-state index contributed by atoms with van der Waals surface area (Å²) in [5, 5.41) is 0. The van der Waals surface area contributed by atoms with Crippen molar-refractivity contribution in [2.75, 3.05) is 0 Å². The molecular formula is C16H8N2O3. The lowest BCUT2D eigenvalue weighted by Gasteiger charge is -2.18. The number of hydrogen-bond acceptors (Lipinski definition) is 4. The molecule has 0 saturated heterocycles. The number of carbonyl (C=O) groups excluding carboxylic acids is 2. The molecule has 0 atom stereocenters. The summed E-state index contributed by atoms with van der Waals surface area (Å²) in [5.74, 6) is -0.444. The van der Waals surface area contributed by atoms with Gasteiger partial charge in [-0.2, -0.15) is 0 Å². The lowest BCUT2D eigenvalue weighted by atomic mass is 9.83. The number of aromatic nitrogens is 2. The molecule has 0 aliphatic heterocycles. The first-order chi connectivity index (χ1) is 10.2. The first kappa shape index (κ1) is 11.7. The van der Waals surface area contributed by atoms with Gasteiger partial charge in [0.05, 0.1) is 22.8 Å². The summed E-state index contributed by atoms with van der Waals surface area (Å²) in [6.07, 6.45) is 1.11. The van der Waals surface area contributed by atoms with E-state index in [4.69, 9.17) is 0 Å². The lowest BCUT2D eigenvalue weighted by molar-refractivity contribution is 0.0980. The Balaban J connectivity index is 2.14. The molecular weight excluding hydrogens is 268 g/mol. The summed E-state index contributed by atoms with van der Waals surface area (Å²) < 4.78 is 0. The predicted molar refractivity (Wildman–Crippen MR) is 75.7 cm³/mol. The van der Waals surface area contributed by atoms with Crippen LogP contribution in [0.3, 0.4) is 0 Å². The molecule has 0 amide bonds.